The van der Waals surface area contributed by atoms with E-state index in [-0.39, 0.29) is 13.2 Å². The van der Waals surface area contributed by atoms with Gasteiger partial charge in [0.1, 0.15) is 5.82 Å². The zero-order chi connectivity index (χ0) is 16.9. The molecular formula is C15H17BrN6O2. The van der Waals surface area contributed by atoms with Gasteiger partial charge in [-0.1, -0.05) is 22.0 Å². The van der Waals surface area contributed by atoms with Gasteiger partial charge in [0.2, 0.25) is 5.95 Å². The molecule has 0 saturated carbocycles. The lowest BCUT2D eigenvalue weighted by Gasteiger charge is -2.21. The smallest absolute Gasteiger partial charge is 0.229 e. The molecule has 0 aliphatic carbocycles. The van der Waals surface area contributed by atoms with E-state index < -0.39 is 0 Å². The van der Waals surface area contributed by atoms with Gasteiger partial charge < -0.3 is 20.4 Å². The van der Waals surface area contributed by atoms with E-state index in [0.717, 1.165) is 15.5 Å². The normalized spacial score (nSPS) is 11.0. The Labute approximate surface area is 146 Å². The van der Waals surface area contributed by atoms with Gasteiger partial charge in [-0.3, -0.25) is 5.10 Å². The van der Waals surface area contributed by atoms with Crippen LogP contribution in [0.5, 0.6) is 0 Å². The Balaban J connectivity index is 2.00. The summed E-state index contributed by atoms with van der Waals surface area (Å²) in [6, 6.07) is 7.73. The van der Waals surface area contributed by atoms with Crippen LogP contribution in [-0.4, -0.2) is 56.7 Å². The molecular weight excluding hydrogens is 376 g/mol. The van der Waals surface area contributed by atoms with Crippen LogP contribution in [0.15, 0.2) is 34.9 Å². The zero-order valence-electron chi connectivity index (χ0n) is 12.8. The molecule has 0 fully saturated rings. The van der Waals surface area contributed by atoms with E-state index in [1.807, 2.05) is 24.3 Å². The first-order chi connectivity index (χ1) is 11.7. The predicted octanol–water partition coefficient (Wildman–Crippen LogP) is 1.65. The van der Waals surface area contributed by atoms with E-state index in [0.29, 0.717) is 30.5 Å². The van der Waals surface area contributed by atoms with Crippen LogP contribution in [0.3, 0.4) is 0 Å². The molecule has 0 aliphatic heterocycles. The summed E-state index contributed by atoms with van der Waals surface area (Å²) in [7, 11) is 0. The molecule has 3 rings (SSSR count). The van der Waals surface area contributed by atoms with Crippen molar-refractivity contribution in [1.29, 1.82) is 0 Å². The SMILES string of the molecule is OCCN(CCO)c1nc(Nc2cccc(Br)c2)c2cn[nH]c2n1. The summed E-state index contributed by atoms with van der Waals surface area (Å²) in [6.07, 6.45) is 1.65. The molecule has 0 bridgehead atoms. The van der Waals surface area contributed by atoms with Crippen LogP contribution in [0.2, 0.25) is 0 Å². The van der Waals surface area contributed by atoms with E-state index in [1.165, 1.54) is 0 Å². The van der Waals surface area contributed by atoms with Gasteiger partial charge in [0.05, 0.1) is 24.8 Å². The molecule has 0 radical (unpaired) electrons. The van der Waals surface area contributed by atoms with Crippen molar-refractivity contribution >= 4 is 44.4 Å². The number of hydrogen-bond acceptors (Lipinski definition) is 7. The third kappa shape index (κ3) is 3.64. The van der Waals surface area contributed by atoms with Gasteiger partial charge in [-0.2, -0.15) is 15.1 Å². The number of nitrogens with zero attached hydrogens (tertiary/aromatic N) is 4. The average molecular weight is 393 g/mol. The number of aromatic amines is 1. The molecule has 2 aromatic heterocycles. The Morgan fingerprint density at radius 2 is 1.96 bits per heavy atom. The fourth-order valence-corrected chi connectivity index (χ4v) is 2.72. The van der Waals surface area contributed by atoms with Crippen LogP contribution in [0, 0.1) is 0 Å². The molecule has 0 amide bonds. The van der Waals surface area contributed by atoms with Crippen molar-refractivity contribution in [3.63, 3.8) is 0 Å². The van der Waals surface area contributed by atoms with Crippen LogP contribution in [0.1, 0.15) is 0 Å². The second-order valence-electron chi connectivity index (χ2n) is 5.07. The van der Waals surface area contributed by atoms with Crippen LogP contribution in [0.25, 0.3) is 11.0 Å². The number of hydrogen-bond donors (Lipinski definition) is 4. The molecule has 3 aromatic rings. The standard InChI is InChI=1S/C15H17BrN6O2/c16-10-2-1-3-11(8-10)18-13-12-9-17-21-14(12)20-15(19-13)22(4-6-23)5-7-24/h1-3,8-9,23-24H,4-7H2,(H2,17,18,19,20,21). The Morgan fingerprint density at radius 3 is 2.67 bits per heavy atom. The first-order valence-electron chi connectivity index (χ1n) is 7.41. The largest absolute Gasteiger partial charge is 0.395 e. The van der Waals surface area contributed by atoms with Crippen molar-refractivity contribution < 1.29 is 10.2 Å². The van der Waals surface area contributed by atoms with Crippen LogP contribution in [0.4, 0.5) is 17.5 Å². The summed E-state index contributed by atoms with van der Waals surface area (Å²) < 4.78 is 0.951. The molecule has 0 aliphatic rings. The molecule has 0 unspecified atom stereocenters. The maximum Gasteiger partial charge on any atom is 0.229 e. The van der Waals surface area contributed by atoms with Gasteiger partial charge in [-0.25, -0.2) is 0 Å². The summed E-state index contributed by atoms with van der Waals surface area (Å²) in [5, 5.41) is 29.3. The number of halogens is 1. The van der Waals surface area contributed by atoms with Crippen LogP contribution < -0.4 is 10.2 Å². The fraction of sp³-hybridized carbons (Fsp3) is 0.267. The number of aliphatic hydroxyl groups is 2. The van der Waals surface area contributed by atoms with Crippen molar-refractivity contribution in [3.8, 4) is 0 Å². The first-order valence-corrected chi connectivity index (χ1v) is 8.21. The highest BCUT2D eigenvalue weighted by Crippen LogP contribution is 2.26. The van der Waals surface area contributed by atoms with Crippen molar-refractivity contribution in [2.45, 2.75) is 0 Å². The summed E-state index contributed by atoms with van der Waals surface area (Å²) in [4.78, 5) is 10.7. The number of H-pyrrole nitrogens is 1. The Bertz CT molecular complexity index is 819. The minimum Gasteiger partial charge on any atom is -0.395 e. The van der Waals surface area contributed by atoms with E-state index in [4.69, 9.17) is 0 Å². The highest BCUT2D eigenvalue weighted by Gasteiger charge is 2.15. The highest BCUT2D eigenvalue weighted by atomic mass is 79.9. The van der Waals surface area contributed by atoms with Crippen LogP contribution >= 0.6 is 15.9 Å². The van der Waals surface area contributed by atoms with Gasteiger partial charge >= 0.3 is 0 Å². The molecule has 2 heterocycles. The van der Waals surface area contributed by atoms with Crippen molar-refractivity contribution in [1.82, 2.24) is 20.2 Å². The lowest BCUT2D eigenvalue weighted by molar-refractivity contribution is 0.280. The fourth-order valence-electron chi connectivity index (χ4n) is 2.32. The van der Waals surface area contributed by atoms with Crippen molar-refractivity contribution in [2.75, 3.05) is 36.5 Å². The van der Waals surface area contributed by atoms with Gasteiger partial charge in [-0.05, 0) is 18.2 Å². The molecule has 0 spiro atoms. The maximum atomic E-state index is 9.21. The number of aromatic nitrogens is 4. The summed E-state index contributed by atoms with van der Waals surface area (Å²) >= 11 is 3.44. The third-order valence-electron chi connectivity index (χ3n) is 3.41. The number of aliphatic hydroxyl groups excluding tert-OH is 2. The van der Waals surface area contributed by atoms with Gasteiger partial charge in [0.25, 0.3) is 0 Å². The highest BCUT2D eigenvalue weighted by molar-refractivity contribution is 9.10. The molecule has 0 saturated heterocycles. The molecule has 9 heteroatoms. The van der Waals surface area contributed by atoms with Crippen LogP contribution in [-0.2, 0) is 0 Å². The monoisotopic (exact) mass is 392 g/mol. The minimum absolute atomic E-state index is 0.0568. The van der Waals surface area contributed by atoms with E-state index in [1.54, 1.807) is 11.1 Å². The molecule has 24 heavy (non-hydrogen) atoms. The second-order valence-corrected chi connectivity index (χ2v) is 5.99. The molecule has 1 aromatic carbocycles. The average Bonchev–Trinajstić information content (AvgIpc) is 3.03. The summed E-state index contributed by atoms with van der Waals surface area (Å²) in [6.45, 7) is 0.546. The molecule has 126 valence electrons. The Hall–Kier alpha value is -2.23. The Kier molecular flexibility index (Phi) is 5.24. The molecule has 8 nitrogen and oxygen atoms in total. The maximum absolute atomic E-state index is 9.21. The van der Waals surface area contributed by atoms with E-state index >= 15 is 0 Å². The van der Waals surface area contributed by atoms with E-state index in [9.17, 15) is 10.2 Å². The summed E-state index contributed by atoms with van der Waals surface area (Å²) in [5.41, 5.74) is 1.45. The quantitative estimate of drug-likeness (QED) is 0.483. The number of benzene rings is 1. The zero-order valence-corrected chi connectivity index (χ0v) is 14.4. The topological polar surface area (TPSA) is 110 Å². The van der Waals surface area contributed by atoms with Gasteiger partial charge in [0.15, 0.2) is 5.65 Å². The van der Waals surface area contributed by atoms with E-state index in [2.05, 4.69) is 41.4 Å². The molecule has 0 atom stereocenters. The van der Waals surface area contributed by atoms with Crippen molar-refractivity contribution in [3.05, 3.63) is 34.9 Å². The second kappa shape index (κ2) is 7.56. The lowest BCUT2D eigenvalue weighted by Crippen LogP contribution is -2.31. The minimum atomic E-state index is -0.0568. The molecule has 4 N–H and O–H groups in total. The predicted molar refractivity (Wildman–Crippen MR) is 95.5 cm³/mol. The first kappa shape index (κ1) is 16.6. The van der Waals surface area contributed by atoms with Crippen molar-refractivity contribution in [2.24, 2.45) is 0 Å². The van der Waals surface area contributed by atoms with Gasteiger partial charge in [-0.15, -0.1) is 0 Å². The number of fused-ring (bicyclic) bond motifs is 1. The third-order valence-corrected chi connectivity index (χ3v) is 3.90. The van der Waals surface area contributed by atoms with Gasteiger partial charge in [0, 0.05) is 23.2 Å². The Morgan fingerprint density at radius 1 is 1.17 bits per heavy atom. The number of rotatable bonds is 7. The lowest BCUT2D eigenvalue weighted by atomic mass is 10.3. The number of nitrogens with one attached hydrogen (secondary N) is 2. The number of anilines is 3. The summed E-state index contributed by atoms with van der Waals surface area (Å²) in [5.74, 6) is 1.01.